The number of nitrogens with zero attached hydrogens (tertiary/aromatic N) is 2. The van der Waals surface area contributed by atoms with Gasteiger partial charge in [0.1, 0.15) is 11.6 Å². The number of amides is 1. The van der Waals surface area contributed by atoms with Crippen LogP contribution in [-0.2, 0) is 22.6 Å². The molecule has 1 N–H and O–H groups in total. The minimum Gasteiger partial charge on any atom is -0.366 e. The Morgan fingerprint density at radius 1 is 1.23 bits per heavy atom. The Hall–Kier alpha value is -2.57. The summed E-state index contributed by atoms with van der Waals surface area (Å²) in [6, 6.07) is 13.4. The van der Waals surface area contributed by atoms with Crippen molar-refractivity contribution >= 4 is 22.9 Å². The molecule has 1 aromatic carbocycles. The molecule has 0 aliphatic carbocycles. The van der Waals surface area contributed by atoms with Gasteiger partial charge in [-0.15, -0.1) is 11.3 Å². The molecule has 134 valence electrons. The molecule has 0 bridgehead atoms. The van der Waals surface area contributed by atoms with Crippen LogP contribution < -0.4 is 5.32 Å². The number of ether oxygens (including phenoxy) is 1. The fourth-order valence-electron chi connectivity index (χ4n) is 2.44. The number of benzene rings is 1. The van der Waals surface area contributed by atoms with Crippen molar-refractivity contribution < 1.29 is 9.53 Å². The molecule has 0 fully saturated rings. The summed E-state index contributed by atoms with van der Waals surface area (Å²) in [5, 5.41) is 3.75. The third kappa shape index (κ3) is 4.74. The zero-order valence-electron chi connectivity index (χ0n) is 14.9. The van der Waals surface area contributed by atoms with Crippen LogP contribution >= 0.6 is 11.3 Å². The van der Waals surface area contributed by atoms with Gasteiger partial charge >= 0.3 is 0 Å². The first-order chi connectivity index (χ1) is 12.7. The number of nitrogens with one attached hydrogen (secondary N) is 1. The van der Waals surface area contributed by atoms with Crippen molar-refractivity contribution in [2.24, 2.45) is 0 Å². The SMILES string of the molecule is CCc1cc(-c2nc(C)c(COCC(=O)Nc3ccccc3)s2)ccn1. The number of thiazole rings is 1. The van der Waals surface area contributed by atoms with Crippen LogP contribution in [0, 0.1) is 6.92 Å². The first kappa shape index (κ1) is 18.2. The van der Waals surface area contributed by atoms with Crippen LogP contribution in [0.15, 0.2) is 48.7 Å². The Balaban J connectivity index is 1.57. The summed E-state index contributed by atoms with van der Waals surface area (Å²) in [4.78, 5) is 21.9. The number of anilines is 1. The molecule has 3 aromatic rings. The van der Waals surface area contributed by atoms with Gasteiger partial charge in [0.15, 0.2) is 0 Å². The summed E-state index contributed by atoms with van der Waals surface area (Å²) in [5.74, 6) is -0.166. The fraction of sp³-hybridized carbons (Fsp3) is 0.250. The van der Waals surface area contributed by atoms with E-state index in [1.54, 1.807) is 11.3 Å². The summed E-state index contributed by atoms with van der Waals surface area (Å²) < 4.78 is 5.57. The number of rotatable bonds is 7. The number of aromatic nitrogens is 2. The number of aryl methyl sites for hydroxylation is 2. The quantitative estimate of drug-likeness (QED) is 0.679. The smallest absolute Gasteiger partial charge is 0.250 e. The molecule has 5 nitrogen and oxygen atoms in total. The van der Waals surface area contributed by atoms with Crippen molar-refractivity contribution in [1.29, 1.82) is 0 Å². The molecule has 1 amide bonds. The third-order valence-corrected chi connectivity index (χ3v) is 5.02. The molecule has 0 atom stereocenters. The number of carbonyl (C=O) groups is 1. The highest BCUT2D eigenvalue weighted by Crippen LogP contribution is 2.28. The highest BCUT2D eigenvalue weighted by Gasteiger charge is 2.11. The maximum absolute atomic E-state index is 11.9. The Morgan fingerprint density at radius 2 is 2.04 bits per heavy atom. The zero-order valence-corrected chi connectivity index (χ0v) is 15.7. The Labute approximate surface area is 157 Å². The van der Waals surface area contributed by atoms with E-state index in [2.05, 4.69) is 28.3 Å². The van der Waals surface area contributed by atoms with Crippen molar-refractivity contribution in [3.8, 4) is 10.6 Å². The lowest BCUT2D eigenvalue weighted by Gasteiger charge is -2.05. The predicted octanol–water partition coefficient (Wildman–Crippen LogP) is 4.23. The fourth-order valence-corrected chi connectivity index (χ4v) is 3.44. The number of hydrogen-bond acceptors (Lipinski definition) is 5. The van der Waals surface area contributed by atoms with Gasteiger partial charge in [0.05, 0.1) is 17.2 Å². The number of para-hydroxylation sites is 1. The first-order valence-electron chi connectivity index (χ1n) is 8.50. The molecule has 0 spiro atoms. The van der Waals surface area contributed by atoms with Crippen LogP contribution in [-0.4, -0.2) is 22.5 Å². The zero-order chi connectivity index (χ0) is 18.4. The lowest BCUT2D eigenvalue weighted by atomic mass is 10.2. The predicted molar refractivity (Wildman–Crippen MR) is 104 cm³/mol. The first-order valence-corrected chi connectivity index (χ1v) is 9.31. The van der Waals surface area contributed by atoms with Crippen LogP contribution in [0.2, 0.25) is 0 Å². The van der Waals surface area contributed by atoms with Crippen LogP contribution in [0.25, 0.3) is 10.6 Å². The Morgan fingerprint density at radius 3 is 2.81 bits per heavy atom. The molecule has 3 rings (SSSR count). The molecular weight excluding hydrogens is 346 g/mol. The van der Waals surface area contributed by atoms with Crippen molar-refractivity contribution in [3.63, 3.8) is 0 Å². The Kier molecular flexibility index (Phi) is 6.09. The van der Waals surface area contributed by atoms with E-state index in [1.807, 2.05) is 49.5 Å². The van der Waals surface area contributed by atoms with E-state index in [1.165, 1.54) is 0 Å². The molecule has 0 radical (unpaired) electrons. The molecule has 0 aliphatic rings. The van der Waals surface area contributed by atoms with E-state index < -0.39 is 0 Å². The second-order valence-corrected chi connectivity index (χ2v) is 6.91. The minimum atomic E-state index is -0.166. The van der Waals surface area contributed by atoms with Gasteiger partial charge in [0, 0.05) is 23.1 Å². The van der Waals surface area contributed by atoms with Crippen LogP contribution in [0.4, 0.5) is 5.69 Å². The molecular formula is C20H21N3O2S. The molecule has 6 heteroatoms. The topological polar surface area (TPSA) is 64.1 Å². The van der Waals surface area contributed by atoms with Crippen LogP contribution in [0.5, 0.6) is 0 Å². The van der Waals surface area contributed by atoms with Gasteiger partial charge in [0.2, 0.25) is 5.91 Å². The minimum absolute atomic E-state index is 0.0107. The van der Waals surface area contributed by atoms with Crippen LogP contribution in [0.3, 0.4) is 0 Å². The summed E-state index contributed by atoms with van der Waals surface area (Å²) in [6.07, 6.45) is 2.71. The average molecular weight is 367 g/mol. The lowest BCUT2D eigenvalue weighted by molar-refractivity contribution is -0.120. The second-order valence-electron chi connectivity index (χ2n) is 5.82. The van der Waals surface area contributed by atoms with Gasteiger partial charge in [-0.1, -0.05) is 25.1 Å². The van der Waals surface area contributed by atoms with E-state index in [4.69, 9.17) is 4.74 Å². The van der Waals surface area contributed by atoms with Gasteiger partial charge < -0.3 is 10.1 Å². The summed E-state index contributed by atoms with van der Waals surface area (Å²) >= 11 is 1.59. The maximum Gasteiger partial charge on any atom is 0.250 e. The maximum atomic E-state index is 11.9. The molecule has 0 saturated heterocycles. The normalized spacial score (nSPS) is 10.7. The molecule has 0 aliphatic heterocycles. The van der Waals surface area contributed by atoms with E-state index in [9.17, 15) is 4.79 Å². The van der Waals surface area contributed by atoms with Crippen molar-refractivity contribution in [2.75, 3.05) is 11.9 Å². The summed E-state index contributed by atoms with van der Waals surface area (Å²) in [5.41, 5.74) is 3.81. The van der Waals surface area contributed by atoms with Gasteiger partial charge in [-0.2, -0.15) is 0 Å². The van der Waals surface area contributed by atoms with Crippen molar-refractivity contribution in [3.05, 3.63) is 64.9 Å². The van der Waals surface area contributed by atoms with E-state index in [0.29, 0.717) is 6.61 Å². The van der Waals surface area contributed by atoms with Crippen molar-refractivity contribution in [1.82, 2.24) is 9.97 Å². The molecule has 2 heterocycles. The molecule has 26 heavy (non-hydrogen) atoms. The Bertz CT molecular complexity index is 878. The summed E-state index contributed by atoms with van der Waals surface area (Å²) in [6.45, 7) is 4.43. The van der Waals surface area contributed by atoms with E-state index in [0.717, 1.165) is 38.9 Å². The monoisotopic (exact) mass is 367 g/mol. The number of hydrogen-bond donors (Lipinski definition) is 1. The van der Waals surface area contributed by atoms with E-state index >= 15 is 0 Å². The van der Waals surface area contributed by atoms with Crippen molar-refractivity contribution in [2.45, 2.75) is 26.9 Å². The number of pyridine rings is 1. The average Bonchev–Trinajstić information content (AvgIpc) is 3.03. The second kappa shape index (κ2) is 8.69. The largest absolute Gasteiger partial charge is 0.366 e. The van der Waals surface area contributed by atoms with Gasteiger partial charge in [-0.05, 0) is 37.6 Å². The van der Waals surface area contributed by atoms with Gasteiger partial charge in [0.25, 0.3) is 0 Å². The number of carbonyl (C=O) groups excluding carboxylic acids is 1. The molecule has 2 aromatic heterocycles. The van der Waals surface area contributed by atoms with Gasteiger partial charge in [-0.25, -0.2) is 4.98 Å². The van der Waals surface area contributed by atoms with Gasteiger partial charge in [-0.3, -0.25) is 9.78 Å². The molecule has 0 saturated carbocycles. The molecule has 0 unspecified atom stereocenters. The van der Waals surface area contributed by atoms with E-state index in [-0.39, 0.29) is 12.5 Å². The highest BCUT2D eigenvalue weighted by molar-refractivity contribution is 7.15. The van der Waals surface area contributed by atoms with Crippen LogP contribution in [0.1, 0.15) is 23.2 Å². The third-order valence-electron chi connectivity index (χ3n) is 3.84. The lowest BCUT2D eigenvalue weighted by Crippen LogP contribution is -2.18. The highest BCUT2D eigenvalue weighted by atomic mass is 32.1. The standard InChI is InChI=1S/C20H21N3O2S/c1-3-16-11-15(9-10-21-16)20-22-14(2)18(26-20)12-25-13-19(24)23-17-7-5-4-6-8-17/h4-11H,3,12-13H2,1-2H3,(H,23,24). The summed E-state index contributed by atoms with van der Waals surface area (Å²) in [7, 11) is 0.